The lowest BCUT2D eigenvalue weighted by Gasteiger charge is -2.20. The molecule has 2 aromatic rings. The topological polar surface area (TPSA) is 76.1 Å². The Morgan fingerprint density at radius 1 is 1.12 bits per heavy atom. The molecule has 0 unspecified atom stereocenters. The number of hydrogen-bond donors (Lipinski definition) is 1. The van der Waals surface area contributed by atoms with Crippen LogP contribution in [0.3, 0.4) is 0 Å². The summed E-state index contributed by atoms with van der Waals surface area (Å²) in [6, 6.07) is 13.3. The van der Waals surface area contributed by atoms with E-state index >= 15 is 0 Å². The molecule has 0 saturated carbocycles. The van der Waals surface area contributed by atoms with Crippen molar-refractivity contribution in [1.29, 1.82) is 0 Å². The average Bonchev–Trinajstić information content (AvgIpc) is 2.59. The summed E-state index contributed by atoms with van der Waals surface area (Å²) in [4.78, 5) is 28.8. The molecule has 0 aliphatic heterocycles. The quantitative estimate of drug-likeness (QED) is 0.778. The highest BCUT2D eigenvalue weighted by Gasteiger charge is 2.20. The minimum Gasteiger partial charge on any atom is -0.497 e. The minimum atomic E-state index is -1.18. The van der Waals surface area contributed by atoms with Crippen LogP contribution >= 0.6 is 11.6 Å². The summed E-state index contributed by atoms with van der Waals surface area (Å²) >= 11 is 6.03. The first-order valence-corrected chi connectivity index (χ1v) is 7.43. The smallest absolute Gasteiger partial charge is 0.325 e. The van der Waals surface area contributed by atoms with Crippen LogP contribution in [0.25, 0.3) is 0 Å². The third kappa shape index (κ3) is 4.71. The van der Waals surface area contributed by atoms with Gasteiger partial charge >= 0.3 is 5.97 Å². The number of nitrogens with zero attached hydrogens (tertiary/aromatic N) is 1. The zero-order chi connectivity index (χ0) is 17.5. The van der Waals surface area contributed by atoms with Crippen molar-refractivity contribution in [3.8, 4) is 5.75 Å². The van der Waals surface area contributed by atoms with Crippen LogP contribution in [-0.2, 0) is 16.2 Å². The number of hydroxylamine groups is 2. The van der Waals surface area contributed by atoms with Crippen molar-refractivity contribution in [2.75, 3.05) is 13.7 Å². The largest absolute Gasteiger partial charge is 0.497 e. The van der Waals surface area contributed by atoms with Gasteiger partial charge in [-0.15, -0.1) is 0 Å². The Labute approximate surface area is 144 Å². The number of methoxy groups -OCH3 is 1. The van der Waals surface area contributed by atoms with Gasteiger partial charge in [-0.25, -0.2) is 5.06 Å². The SMILES string of the molecule is COc1ccc(C(=O)N(CC(=O)O)OCc2ccccc2Cl)cc1. The molecule has 0 radical (unpaired) electrons. The molecule has 0 aromatic heterocycles. The number of carboxylic acids is 1. The first-order chi connectivity index (χ1) is 11.5. The highest BCUT2D eigenvalue weighted by atomic mass is 35.5. The van der Waals surface area contributed by atoms with E-state index in [1.165, 1.54) is 19.2 Å². The van der Waals surface area contributed by atoms with Gasteiger partial charge in [-0.2, -0.15) is 0 Å². The number of ether oxygens (including phenoxy) is 1. The summed E-state index contributed by atoms with van der Waals surface area (Å²) in [5.74, 6) is -1.16. The van der Waals surface area contributed by atoms with E-state index < -0.39 is 18.4 Å². The van der Waals surface area contributed by atoms with Gasteiger partial charge in [0.05, 0.1) is 7.11 Å². The zero-order valence-corrected chi connectivity index (χ0v) is 13.7. The van der Waals surface area contributed by atoms with E-state index in [4.69, 9.17) is 26.3 Å². The second-order valence-electron chi connectivity index (χ2n) is 4.83. The molecule has 0 aliphatic rings. The summed E-state index contributed by atoms with van der Waals surface area (Å²) in [5, 5.41) is 10.3. The molecule has 0 heterocycles. The number of hydrogen-bond acceptors (Lipinski definition) is 4. The van der Waals surface area contributed by atoms with Crippen molar-refractivity contribution in [3.63, 3.8) is 0 Å². The van der Waals surface area contributed by atoms with E-state index in [1.54, 1.807) is 36.4 Å². The van der Waals surface area contributed by atoms with E-state index in [0.29, 0.717) is 16.3 Å². The predicted molar refractivity (Wildman–Crippen MR) is 87.9 cm³/mol. The van der Waals surface area contributed by atoms with E-state index in [1.807, 2.05) is 0 Å². The number of carbonyl (C=O) groups is 2. The van der Waals surface area contributed by atoms with Gasteiger partial charge in [-0.3, -0.25) is 14.4 Å². The Morgan fingerprint density at radius 3 is 2.38 bits per heavy atom. The van der Waals surface area contributed by atoms with Crippen molar-refractivity contribution >= 4 is 23.5 Å². The molecule has 2 aromatic carbocycles. The molecule has 7 heteroatoms. The molecule has 6 nitrogen and oxygen atoms in total. The van der Waals surface area contributed by atoms with Crippen molar-refractivity contribution in [2.24, 2.45) is 0 Å². The molecule has 0 aliphatic carbocycles. The van der Waals surface area contributed by atoms with Crippen molar-refractivity contribution in [3.05, 3.63) is 64.7 Å². The second kappa shape index (κ2) is 8.33. The van der Waals surface area contributed by atoms with Crippen molar-refractivity contribution in [2.45, 2.75) is 6.61 Å². The minimum absolute atomic E-state index is 0.0190. The number of rotatable bonds is 7. The van der Waals surface area contributed by atoms with Crippen LogP contribution in [0.4, 0.5) is 0 Å². The van der Waals surface area contributed by atoms with Crippen LogP contribution in [0.1, 0.15) is 15.9 Å². The van der Waals surface area contributed by atoms with Gasteiger partial charge in [0.1, 0.15) is 18.9 Å². The van der Waals surface area contributed by atoms with E-state index in [0.717, 1.165) is 5.06 Å². The standard InChI is InChI=1S/C17H16ClNO5/c1-23-14-8-6-12(7-9-14)17(22)19(10-16(20)21)24-11-13-4-2-3-5-15(13)18/h2-9H,10-11H2,1H3,(H,20,21). The Morgan fingerprint density at radius 2 is 1.79 bits per heavy atom. The summed E-state index contributed by atoms with van der Waals surface area (Å²) < 4.78 is 5.03. The van der Waals surface area contributed by atoms with Gasteiger partial charge in [0.15, 0.2) is 0 Å². The number of amides is 1. The fourth-order valence-corrected chi connectivity index (χ4v) is 2.13. The van der Waals surface area contributed by atoms with Crippen LogP contribution in [0.15, 0.2) is 48.5 Å². The van der Waals surface area contributed by atoms with E-state index in [9.17, 15) is 9.59 Å². The normalized spacial score (nSPS) is 10.2. The average molecular weight is 350 g/mol. The molecule has 126 valence electrons. The summed E-state index contributed by atoms with van der Waals surface area (Å²) in [7, 11) is 1.51. The molecule has 0 spiro atoms. The first kappa shape index (κ1) is 17.8. The van der Waals surface area contributed by atoms with Crippen LogP contribution in [0.2, 0.25) is 5.02 Å². The molecule has 2 rings (SSSR count). The molecular weight excluding hydrogens is 334 g/mol. The fourth-order valence-electron chi connectivity index (χ4n) is 1.94. The summed E-state index contributed by atoms with van der Waals surface area (Å²) in [6.45, 7) is -0.607. The number of aliphatic carboxylic acids is 1. The summed E-state index contributed by atoms with van der Waals surface area (Å²) in [5.41, 5.74) is 0.938. The monoisotopic (exact) mass is 349 g/mol. The third-order valence-corrected chi connectivity index (χ3v) is 3.54. The molecule has 24 heavy (non-hydrogen) atoms. The third-order valence-electron chi connectivity index (χ3n) is 3.18. The Balaban J connectivity index is 2.13. The van der Waals surface area contributed by atoms with Gasteiger partial charge in [0.2, 0.25) is 0 Å². The van der Waals surface area contributed by atoms with Gasteiger partial charge < -0.3 is 9.84 Å². The summed E-state index contributed by atoms with van der Waals surface area (Å²) in [6.07, 6.45) is 0. The lowest BCUT2D eigenvalue weighted by atomic mass is 10.2. The molecular formula is C17H16ClNO5. The molecule has 0 bridgehead atoms. The lowest BCUT2D eigenvalue weighted by molar-refractivity contribution is -0.162. The highest BCUT2D eigenvalue weighted by molar-refractivity contribution is 6.31. The molecule has 0 fully saturated rings. The lowest BCUT2D eigenvalue weighted by Crippen LogP contribution is -2.35. The van der Waals surface area contributed by atoms with Crippen LogP contribution in [-0.4, -0.2) is 35.7 Å². The zero-order valence-electron chi connectivity index (χ0n) is 12.9. The van der Waals surface area contributed by atoms with Gasteiger partial charge in [-0.05, 0) is 35.9 Å². The fraction of sp³-hybridized carbons (Fsp3) is 0.176. The van der Waals surface area contributed by atoms with Crippen molar-refractivity contribution < 1.29 is 24.3 Å². The predicted octanol–water partition coefficient (Wildman–Crippen LogP) is 3.01. The number of carboxylic acid groups (broad SMARTS) is 1. The maximum Gasteiger partial charge on any atom is 0.325 e. The Bertz CT molecular complexity index is 717. The Kier molecular flexibility index (Phi) is 6.17. The van der Waals surface area contributed by atoms with E-state index in [2.05, 4.69) is 0 Å². The molecule has 1 N–H and O–H groups in total. The molecule has 0 atom stereocenters. The Hall–Kier alpha value is -2.57. The van der Waals surface area contributed by atoms with E-state index in [-0.39, 0.29) is 12.2 Å². The van der Waals surface area contributed by atoms with Crippen LogP contribution in [0, 0.1) is 0 Å². The van der Waals surface area contributed by atoms with Gasteiger partial charge in [-0.1, -0.05) is 29.8 Å². The van der Waals surface area contributed by atoms with Crippen molar-refractivity contribution in [1.82, 2.24) is 5.06 Å². The molecule has 0 saturated heterocycles. The van der Waals surface area contributed by atoms with Crippen LogP contribution in [0.5, 0.6) is 5.75 Å². The molecule has 1 amide bonds. The number of halogens is 1. The first-order valence-electron chi connectivity index (χ1n) is 7.05. The number of benzene rings is 2. The highest BCUT2D eigenvalue weighted by Crippen LogP contribution is 2.18. The second-order valence-corrected chi connectivity index (χ2v) is 5.24. The van der Waals surface area contributed by atoms with Gasteiger partial charge in [0, 0.05) is 10.6 Å². The number of carbonyl (C=O) groups excluding carboxylic acids is 1. The van der Waals surface area contributed by atoms with Gasteiger partial charge in [0.25, 0.3) is 5.91 Å². The maximum absolute atomic E-state index is 12.4. The maximum atomic E-state index is 12.4. The van der Waals surface area contributed by atoms with Crippen LogP contribution < -0.4 is 4.74 Å².